The number of rotatable bonds is 10. The molecule has 0 saturated carbocycles. The van der Waals surface area contributed by atoms with Crippen molar-refractivity contribution < 1.29 is 0 Å². The number of likely N-dealkylation sites (N-methyl/N-ethyl adjacent to an activating group) is 1. The number of unbranched alkanes of at least 4 members (excludes halogenated alkanes) is 2. The third-order valence-corrected chi connectivity index (χ3v) is 4.34. The van der Waals surface area contributed by atoms with Crippen molar-refractivity contribution in [3.8, 4) is 0 Å². The SMILES string of the molecule is C=CCCCN(C)C(=NCCCCN1CCN(C)CC1)NCC.I. The van der Waals surface area contributed by atoms with E-state index in [9.17, 15) is 0 Å². The summed E-state index contributed by atoms with van der Waals surface area (Å²) in [6.45, 7) is 14.8. The van der Waals surface area contributed by atoms with Crippen molar-refractivity contribution in [2.45, 2.75) is 32.6 Å². The van der Waals surface area contributed by atoms with E-state index in [2.05, 4.69) is 47.6 Å². The van der Waals surface area contributed by atoms with Gasteiger partial charge in [0, 0.05) is 52.9 Å². The first-order chi connectivity index (χ1) is 11.2. The fraction of sp³-hybridized carbons (Fsp3) is 0.833. The Morgan fingerprint density at radius 3 is 2.54 bits per heavy atom. The normalized spacial score (nSPS) is 16.5. The molecule has 0 aliphatic carbocycles. The summed E-state index contributed by atoms with van der Waals surface area (Å²) in [5.41, 5.74) is 0. The fourth-order valence-corrected chi connectivity index (χ4v) is 2.75. The van der Waals surface area contributed by atoms with Crippen molar-refractivity contribution in [1.29, 1.82) is 0 Å². The number of guanidine groups is 1. The van der Waals surface area contributed by atoms with Crippen LogP contribution in [0.4, 0.5) is 0 Å². The molecule has 0 bridgehead atoms. The first-order valence-corrected chi connectivity index (χ1v) is 9.18. The molecule has 0 aromatic carbocycles. The Labute approximate surface area is 166 Å². The van der Waals surface area contributed by atoms with Gasteiger partial charge >= 0.3 is 0 Å². The van der Waals surface area contributed by atoms with Crippen LogP contribution in [-0.2, 0) is 0 Å². The van der Waals surface area contributed by atoms with Crippen molar-refractivity contribution in [2.24, 2.45) is 4.99 Å². The second-order valence-electron chi connectivity index (χ2n) is 6.44. The fourth-order valence-electron chi connectivity index (χ4n) is 2.75. The lowest BCUT2D eigenvalue weighted by Crippen LogP contribution is -2.44. The van der Waals surface area contributed by atoms with E-state index in [0.717, 1.165) is 38.4 Å². The van der Waals surface area contributed by atoms with E-state index >= 15 is 0 Å². The first kappa shape index (κ1) is 23.7. The van der Waals surface area contributed by atoms with Gasteiger partial charge in [-0.3, -0.25) is 4.99 Å². The quantitative estimate of drug-likeness (QED) is 0.182. The molecule has 1 saturated heterocycles. The van der Waals surface area contributed by atoms with Crippen LogP contribution in [0.5, 0.6) is 0 Å². The monoisotopic (exact) mass is 451 g/mol. The molecule has 0 aromatic rings. The number of hydrogen-bond donors (Lipinski definition) is 1. The van der Waals surface area contributed by atoms with Crippen LogP contribution in [0.2, 0.25) is 0 Å². The van der Waals surface area contributed by atoms with Gasteiger partial charge in [0.1, 0.15) is 0 Å². The van der Waals surface area contributed by atoms with Crippen molar-refractivity contribution in [2.75, 3.05) is 66.5 Å². The lowest BCUT2D eigenvalue weighted by atomic mass is 10.2. The Bertz CT molecular complexity index is 340. The minimum atomic E-state index is 0. The van der Waals surface area contributed by atoms with Crippen molar-refractivity contribution in [3.63, 3.8) is 0 Å². The molecule has 1 aliphatic heterocycles. The lowest BCUT2D eigenvalue weighted by molar-refractivity contribution is 0.152. The minimum Gasteiger partial charge on any atom is -0.357 e. The maximum absolute atomic E-state index is 4.77. The van der Waals surface area contributed by atoms with Crippen LogP contribution in [0.3, 0.4) is 0 Å². The Balaban J connectivity index is 0.00000529. The molecule has 1 fully saturated rings. The van der Waals surface area contributed by atoms with E-state index < -0.39 is 0 Å². The van der Waals surface area contributed by atoms with Gasteiger partial charge in [-0.1, -0.05) is 6.08 Å². The van der Waals surface area contributed by atoms with E-state index in [-0.39, 0.29) is 24.0 Å². The number of aliphatic imine (C=N–C) groups is 1. The average Bonchev–Trinajstić information content (AvgIpc) is 2.55. The van der Waals surface area contributed by atoms with Gasteiger partial charge in [-0.2, -0.15) is 0 Å². The molecule has 1 heterocycles. The molecule has 0 spiro atoms. The Hall–Kier alpha value is -0.340. The first-order valence-electron chi connectivity index (χ1n) is 9.18. The van der Waals surface area contributed by atoms with Crippen LogP contribution in [0.25, 0.3) is 0 Å². The van der Waals surface area contributed by atoms with Crippen molar-refractivity contribution in [3.05, 3.63) is 12.7 Å². The van der Waals surface area contributed by atoms with Gasteiger partial charge in [0.2, 0.25) is 0 Å². The lowest BCUT2D eigenvalue weighted by Gasteiger charge is -2.32. The molecule has 0 unspecified atom stereocenters. The molecule has 1 aliphatic rings. The number of nitrogens with zero attached hydrogens (tertiary/aromatic N) is 4. The van der Waals surface area contributed by atoms with Gasteiger partial charge < -0.3 is 20.0 Å². The maximum Gasteiger partial charge on any atom is 0.193 e. The largest absolute Gasteiger partial charge is 0.357 e. The minimum absolute atomic E-state index is 0. The van der Waals surface area contributed by atoms with E-state index in [1.807, 2.05) is 6.08 Å². The number of piperazine rings is 1. The van der Waals surface area contributed by atoms with Crippen LogP contribution in [-0.4, -0.2) is 87.1 Å². The average molecular weight is 451 g/mol. The highest BCUT2D eigenvalue weighted by molar-refractivity contribution is 14.0. The molecule has 0 aromatic heterocycles. The summed E-state index contributed by atoms with van der Waals surface area (Å²) in [5, 5.41) is 3.39. The van der Waals surface area contributed by atoms with Crippen LogP contribution >= 0.6 is 24.0 Å². The zero-order chi connectivity index (χ0) is 16.9. The molecular weight excluding hydrogens is 413 g/mol. The van der Waals surface area contributed by atoms with Crippen LogP contribution in [0.1, 0.15) is 32.6 Å². The smallest absolute Gasteiger partial charge is 0.193 e. The van der Waals surface area contributed by atoms with E-state index in [1.54, 1.807) is 0 Å². The summed E-state index contributed by atoms with van der Waals surface area (Å²) < 4.78 is 0. The second kappa shape index (κ2) is 15.0. The number of halogens is 1. The van der Waals surface area contributed by atoms with Crippen molar-refractivity contribution in [1.82, 2.24) is 20.0 Å². The standard InChI is InChI=1S/C18H37N5.HI/c1-5-7-9-12-22(4)18(19-6-2)20-11-8-10-13-23-16-14-21(3)15-17-23;/h5H,1,6-17H2,2-4H3,(H,19,20);1H. The zero-order valence-corrected chi connectivity index (χ0v) is 18.3. The highest BCUT2D eigenvalue weighted by Gasteiger charge is 2.12. The van der Waals surface area contributed by atoms with Gasteiger partial charge in [-0.15, -0.1) is 30.6 Å². The molecule has 1 N–H and O–H groups in total. The van der Waals surface area contributed by atoms with Gasteiger partial charge in [-0.05, 0) is 46.2 Å². The number of allylic oxidation sites excluding steroid dienone is 1. The topological polar surface area (TPSA) is 34.1 Å². The Morgan fingerprint density at radius 1 is 1.21 bits per heavy atom. The van der Waals surface area contributed by atoms with E-state index in [1.165, 1.54) is 45.6 Å². The third kappa shape index (κ3) is 10.5. The van der Waals surface area contributed by atoms with Crippen LogP contribution in [0.15, 0.2) is 17.6 Å². The summed E-state index contributed by atoms with van der Waals surface area (Å²) >= 11 is 0. The summed E-state index contributed by atoms with van der Waals surface area (Å²) in [7, 11) is 4.33. The molecule has 0 radical (unpaired) electrons. The molecule has 6 heteroatoms. The molecule has 5 nitrogen and oxygen atoms in total. The van der Waals surface area contributed by atoms with Crippen LogP contribution in [0, 0.1) is 0 Å². The molecule has 0 atom stereocenters. The van der Waals surface area contributed by atoms with Gasteiger partial charge in [-0.25, -0.2) is 0 Å². The predicted molar refractivity (Wildman–Crippen MR) is 117 cm³/mol. The van der Waals surface area contributed by atoms with E-state index in [4.69, 9.17) is 4.99 Å². The number of nitrogens with one attached hydrogen (secondary N) is 1. The van der Waals surface area contributed by atoms with Crippen LogP contribution < -0.4 is 5.32 Å². The van der Waals surface area contributed by atoms with Gasteiger partial charge in [0.05, 0.1) is 0 Å². The Morgan fingerprint density at radius 2 is 1.92 bits per heavy atom. The summed E-state index contributed by atoms with van der Waals surface area (Å²) in [4.78, 5) is 12.0. The molecule has 142 valence electrons. The summed E-state index contributed by atoms with van der Waals surface area (Å²) in [6, 6.07) is 0. The number of hydrogen-bond acceptors (Lipinski definition) is 3. The highest BCUT2D eigenvalue weighted by Crippen LogP contribution is 2.02. The van der Waals surface area contributed by atoms with Gasteiger partial charge in [0.25, 0.3) is 0 Å². The van der Waals surface area contributed by atoms with Crippen molar-refractivity contribution >= 4 is 29.9 Å². The maximum atomic E-state index is 4.77. The predicted octanol–water partition coefficient (Wildman–Crippen LogP) is 2.50. The Kier molecular flexibility index (Phi) is 14.7. The molecule has 24 heavy (non-hydrogen) atoms. The summed E-state index contributed by atoms with van der Waals surface area (Å²) in [6.07, 6.45) is 6.59. The highest BCUT2D eigenvalue weighted by atomic mass is 127. The molecular formula is C18H38IN5. The zero-order valence-electron chi connectivity index (χ0n) is 16.0. The second-order valence-corrected chi connectivity index (χ2v) is 6.44. The molecule has 1 rings (SSSR count). The molecule has 0 amide bonds. The van der Waals surface area contributed by atoms with Gasteiger partial charge in [0.15, 0.2) is 5.96 Å². The third-order valence-electron chi connectivity index (χ3n) is 4.34. The van der Waals surface area contributed by atoms with E-state index in [0.29, 0.717) is 0 Å². The summed E-state index contributed by atoms with van der Waals surface area (Å²) in [5.74, 6) is 1.04.